The zero-order chi connectivity index (χ0) is 14.8. The van der Waals surface area contributed by atoms with Crippen molar-refractivity contribution in [3.8, 4) is 0 Å². The minimum Gasteiger partial charge on any atom is -0.389 e. The van der Waals surface area contributed by atoms with E-state index in [1.807, 2.05) is 6.92 Å². The number of hydrogen-bond acceptors (Lipinski definition) is 3. The first-order valence-corrected chi connectivity index (χ1v) is 6.34. The molecule has 0 aromatic carbocycles. The van der Waals surface area contributed by atoms with Crippen LogP contribution >= 0.6 is 11.6 Å². The number of aromatic nitrogens is 2. The number of amides is 1. The van der Waals surface area contributed by atoms with E-state index in [0.717, 1.165) is 11.3 Å². The number of halogens is 1. The van der Waals surface area contributed by atoms with Crippen molar-refractivity contribution in [3.63, 3.8) is 0 Å². The van der Waals surface area contributed by atoms with E-state index in [4.69, 9.17) is 11.6 Å². The number of rotatable bonds is 4. The molecule has 0 spiro atoms. The van der Waals surface area contributed by atoms with E-state index in [-0.39, 0.29) is 12.5 Å². The van der Waals surface area contributed by atoms with Gasteiger partial charge in [0.1, 0.15) is 5.15 Å². The fraction of sp³-hybridized carbons (Fsp3) is 0.538. The van der Waals surface area contributed by atoms with Gasteiger partial charge in [-0.1, -0.05) is 11.6 Å². The summed E-state index contributed by atoms with van der Waals surface area (Å²) < 4.78 is 1.56. The van der Waals surface area contributed by atoms with Gasteiger partial charge in [-0.25, -0.2) is 0 Å². The Labute approximate surface area is 118 Å². The van der Waals surface area contributed by atoms with Crippen LogP contribution in [-0.2, 0) is 11.8 Å². The number of likely N-dealkylation sites (N-methyl/N-ethyl adjacent to an activating group) is 1. The Morgan fingerprint density at radius 1 is 1.58 bits per heavy atom. The summed E-state index contributed by atoms with van der Waals surface area (Å²) >= 11 is 6.07. The maximum atomic E-state index is 11.9. The van der Waals surface area contributed by atoms with Gasteiger partial charge in [0.05, 0.1) is 11.3 Å². The van der Waals surface area contributed by atoms with Gasteiger partial charge < -0.3 is 10.0 Å². The molecule has 0 unspecified atom stereocenters. The molecule has 0 atom stereocenters. The Kier molecular flexibility index (Phi) is 4.76. The topological polar surface area (TPSA) is 58.4 Å². The quantitative estimate of drug-likeness (QED) is 0.856. The minimum absolute atomic E-state index is 0.193. The van der Waals surface area contributed by atoms with Crippen molar-refractivity contribution in [1.82, 2.24) is 14.7 Å². The molecule has 6 heteroatoms. The molecule has 0 radical (unpaired) electrons. The van der Waals surface area contributed by atoms with Gasteiger partial charge >= 0.3 is 0 Å². The fourth-order valence-electron chi connectivity index (χ4n) is 1.78. The molecule has 1 rings (SSSR count). The van der Waals surface area contributed by atoms with Gasteiger partial charge in [-0.3, -0.25) is 9.48 Å². The fourth-order valence-corrected chi connectivity index (χ4v) is 2.01. The lowest BCUT2D eigenvalue weighted by Gasteiger charge is -2.24. The lowest BCUT2D eigenvalue weighted by molar-refractivity contribution is -0.127. The molecular weight excluding hydrogens is 266 g/mol. The second-order valence-electron chi connectivity index (χ2n) is 5.25. The highest BCUT2D eigenvalue weighted by atomic mass is 35.5. The Morgan fingerprint density at radius 2 is 2.16 bits per heavy atom. The minimum atomic E-state index is -0.917. The molecule has 0 saturated carbocycles. The number of aryl methyl sites for hydroxylation is 2. The third kappa shape index (κ3) is 4.36. The molecule has 1 heterocycles. The number of carbonyl (C=O) groups excluding carboxylic acids is 1. The van der Waals surface area contributed by atoms with E-state index in [0.29, 0.717) is 5.15 Å². The normalized spacial score (nSPS) is 12.2. The first-order valence-electron chi connectivity index (χ1n) is 5.96. The molecular formula is C13H20ClN3O2. The molecule has 19 heavy (non-hydrogen) atoms. The predicted molar refractivity (Wildman–Crippen MR) is 75.9 cm³/mol. The van der Waals surface area contributed by atoms with E-state index in [1.165, 1.54) is 11.0 Å². The van der Waals surface area contributed by atoms with E-state index in [2.05, 4.69) is 5.10 Å². The van der Waals surface area contributed by atoms with Crippen molar-refractivity contribution < 1.29 is 9.90 Å². The van der Waals surface area contributed by atoms with E-state index in [9.17, 15) is 9.90 Å². The van der Waals surface area contributed by atoms with Gasteiger partial charge in [0, 0.05) is 32.3 Å². The number of carbonyl (C=O) groups is 1. The highest BCUT2D eigenvalue weighted by Gasteiger charge is 2.18. The second-order valence-corrected chi connectivity index (χ2v) is 5.61. The summed E-state index contributed by atoms with van der Waals surface area (Å²) in [5, 5.41) is 14.3. The van der Waals surface area contributed by atoms with Crippen molar-refractivity contribution in [3.05, 3.63) is 22.5 Å². The number of nitrogens with zero attached hydrogens (tertiary/aromatic N) is 3. The van der Waals surface area contributed by atoms with Gasteiger partial charge in [0.2, 0.25) is 5.91 Å². The summed E-state index contributed by atoms with van der Waals surface area (Å²) in [6.45, 7) is 5.40. The Balaban J connectivity index is 2.79. The molecule has 0 fully saturated rings. The SMILES string of the molecule is Cc1nn(C)c(Cl)c1/C=C/C(=O)N(C)CC(C)(C)O. The summed E-state index contributed by atoms with van der Waals surface area (Å²) in [6, 6.07) is 0. The largest absolute Gasteiger partial charge is 0.389 e. The van der Waals surface area contributed by atoms with Gasteiger partial charge in [0.25, 0.3) is 0 Å². The predicted octanol–water partition coefficient (Wildman–Crippen LogP) is 1.62. The van der Waals surface area contributed by atoms with Crippen LogP contribution in [0.5, 0.6) is 0 Å². The highest BCUT2D eigenvalue weighted by Crippen LogP contribution is 2.20. The van der Waals surface area contributed by atoms with Gasteiger partial charge in [0.15, 0.2) is 0 Å². The molecule has 0 bridgehead atoms. The van der Waals surface area contributed by atoms with E-state index >= 15 is 0 Å². The Hall–Kier alpha value is -1.33. The molecule has 1 aromatic rings. The summed E-state index contributed by atoms with van der Waals surface area (Å²) in [5.41, 5.74) is 0.580. The van der Waals surface area contributed by atoms with Gasteiger partial charge in [-0.15, -0.1) is 0 Å². The molecule has 0 aliphatic heterocycles. The van der Waals surface area contributed by atoms with E-state index < -0.39 is 5.60 Å². The van der Waals surface area contributed by atoms with Crippen LogP contribution in [0.1, 0.15) is 25.1 Å². The van der Waals surface area contributed by atoms with Crippen LogP contribution in [0.3, 0.4) is 0 Å². The van der Waals surface area contributed by atoms with Crippen molar-refractivity contribution in [2.75, 3.05) is 13.6 Å². The number of aliphatic hydroxyl groups is 1. The molecule has 0 aliphatic carbocycles. The van der Waals surface area contributed by atoms with Crippen molar-refractivity contribution in [2.45, 2.75) is 26.4 Å². The summed E-state index contributed by atoms with van der Waals surface area (Å²) in [7, 11) is 3.39. The van der Waals surface area contributed by atoms with Gasteiger partial charge in [-0.2, -0.15) is 5.10 Å². The summed E-state index contributed by atoms with van der Waals surface area (Å²) in [5.74, 6) is -0.193. The first-order chi connectivity index (χ1) is 8.61. The van der Waals surface area contributed by atoms with E-state index in [1.54, 1.807) is 38.7 Å². The van der Waals surface area contributed by atoms with Crippen molar-refractivity contribution in [2.24, 2.45) is 7.05 Å². The average Bonchev–Trinajstić information content (AvgIpc) is 2.48. The van der Waals surface area contributed by atoms with Crippen LogP contribution in [0.25, 0.3) is 6.08 Å². The van der Waals surface area contributed by atoms with Crippen LogP contribution in [-0.4, -0.2) is 44.9 Å². The maximum Gasteiger partial charge on any atom is 0.246 e. The average molecular weight is 286 g/mol. The van der Waals surface area contributed by atoms with Crippen LogP contribution in [0, 0.1) is 6.92 Å². The maximum absolute atomic E-state index is 11.9. The smallest absolute Gasteiger partial charge is 0.246 e. The molecule has 1 amide bonds. The lowest BCUT2D eigenvalue weighted by atomic mass is 10.1. The summed E-state index contributed by atoms with van der Waals surface area (Å²) in [4.78, 5) is 13.3. The van der Waals surface area contributed by atoms with Gasteiger partial charge in [-0.05, 0) is 26.8 Å². The zero-order valence-electron chi connectivity index (χ0n) is 11.9. The summed E-state index contributed by atoms with van der Waals surface area (Å²) in [6.07, 6.45) is 3.08. The molecule has 1 N–H and O–H groups in total. The molecule has 0 aliphatic rings. The zero-order valence-corrected chi connectivity index (χ0v) is 12.7. The first kappa shape index (κ1) is 15.7. The van der Waals surface area contributed by atoms with Crippen LogP contribution in [0.2, 0.25) is 5.15 Å². The van der Waals surface area contributed by atoms with Crippen LogP contribution < -0.4 is 0 Å². The molecule has 0 saturated heterocycles. The Bertz CT molecular complexity index is 501. The molecule has 1 aromatic heterocycles. The molecule has 5 nitrogen and oxygen atoms in total. The van der Waals surface area contributed by atoms with Crippen LogP contribution in [0.15, 0.2) is 6.08 Å². The highest BCUT2D eigenvalue weighted by molar-refractivity contribution is 6.31. The molecule has 106 valence electrons. The third-order valence-electron chi connectivity index (χ3n) is 2.59. The lowest BCUT2D eigenvalue weighted by Crippen LogP contribution is -2.38. The standard InChI is InChI=1S/C13H20ClN3O2/c1-9-10(12(14)17(5)15-9)6-7-11(18)16(4)8-13(2,3)19/h6-7,19H,8H2,1-5H3/b7-6+. The monoisotopic (exact) mass is 285 g/mol. The van der Waals surface area contributed by atoms with Crippen molar-refractivity contribution in [1.29, 1.82) is 0 Å². The number of hydrogen-bond donors (Lipinski definition) is 1. The second kappa shape index (κ2) is 5.75. The Morgan fingerprint density at radius 3 is 2.58 bits per heavy atom. The van der Waals surface area contributed by atoms with Crippen molar-refractivity contribution >= 4 is 23.6 Å². The van der Waals surface area contributed by atoms with Crippen LogP contribution in [0.4, 0.5) is 0 Å². The third-order valence-corrected chi connectivity index (χ3v) is 3.04.